The first-order valence-electron chi connectivity index (χ1n) is 7.27. The fourth-order valence-electron chi connectivity index (χ4n) is 3.34. The fraction of sp³-hybridized carbons (Fsp3) is 0.533. The topological polar surface area (TPSA) is 32.3 Å². The number of benzene rings is 1. The zero-order valence-corrected chi connectivity index (χ0v) is 13.0. The van der Waals surface area contributed by atoms with Crippen LogP contribution >= 0.6 is 12.4 Å². The average molecular weight is 353 g/mol. The number of rotatable bonds is 1. The summed E-state index contributed by atoms with van der Waals surface area (Å²) in [6.45, 7) is 1.41. The first-order valence-corrected chi connectivity index (χ1v) is 7.27. The Hall–Kier alpha value is -1.34. The highest BCUT2D eigenvalue weighted by Gasteiger charge is 2.39. The van der Waals surface area contributed by atoms with E-state index in [-0.39, 0.29) is 30.1 Å². The van der Waals surface area contributed by atoms with E-state index in [0.29, 0.717) is 12.6 Å². The van der Waals surface area contributed by atoms with Crippen molar-refractivity contribution >= 4 is 18.3 Å². The van der Waals surface area contributed by atoms with E-state index < -0.39 is 23.5 Å². The van der Waals surface area contributed by atoms with E-state index in [1.54, 1.807) is 4.90 Å². The normalized spacial score (nSPS) is 24.1. The van der Waals surface area contributed by atoms with E-state index in [9.17, 15) is 22.4 Å². The highest BCUT2D eigenvalue weighted by molar-refractivity contribution is 5.95. The molecule has 1 amide bonds. The zero-order chi connectivity index (χ0) is 15.9. The first kappa shape index (κ1) is 18.0. The molecule has 2 heterocycles. The van der Waals surface area contributed by atoms with Crippen LogP contribution in [-0.4, -0.2) is 36.0 Å². The Morgan fingerprint density at radius 2 is 1.83 bits per heavy atom. The standard InChI is InChI=1S/C15H16F4N2O.ClH/c16-11-6-9(5-10(7-11)15(17,18)19)14(22)21-12-1-2-13(21)8-20-4-3-12;/h5-7,12-13,20H,1-4,8H2;1H. The SMILES string of the molecule is Cl.O=C(c1cc(F)cc(C(F)(F)F)c1)N1C2CCNCC1CC2. The van der Waals surface area contributed by atoms with Crippen molar-refractivity contribution in [3.05, 3.63) is 35.1 Å². The molecule has 0 saturated carbocycles. The van der Waals surface area contributed by atoms with Crippen LogP contribution in [0.1, 0.15) is 35.2 Å². The molecule has 23 heavy (non-hydrogen) atoms. The Bertz CT molecular complexity index is 579. The minimum atomic E-state index is -4.67. The number of alkyl halides is 3. The second-order valence-corrected chi connectivity index (χ2v) is 5.82. The van der Waals surface area contributed by atoms with Crippen LogP contribution in [0.3, 0.4) is 0 Å². The molecular weight excluding hydrogens is 336 g/mol. The number of halogens is 5. The van der Waals surface area contributed by atoms with Crippen LogP contribution in [0.4, 0.5) is 17.6 Å². The van der Waals surface area contributed by atoms with E-state index in [4.69, 9.17) is 0 Å². The van der Waals surface area contributed by atoms with Crippen LogP contribution in [0, 0.1) is 5.82 Å². The highest BCUT2D eigenvalue weighted by atomic mass is 35.5. The Kier molecular flexibility index (Phi) is 5.20. The molecule has 0 aliphatic carbocycles. The highest BCUT2D eigenvalue weighted by Crippen LogP contribution is 2.33. The summed E-state index contributed by atoms with van der Waals surface area (Å²) in [5.41, 5.74) is -1.36. The van der Waals surface area contributed by atoms with Crippen LogP contribution in [-0.2, 0) is 6.18 Å². The molecule has 8 heteroatoms. The van der Waals surface area contributed by atoms with Crippen LogP contribution in [0.15, 0.2) is 18.2 Å². The van der Waals surface area contributed by atoms with Crippen LogP contribution < -0.4 is 5.32 Å². The van der Waals surface area contributed by atoms with Crippen molar-refractivity contribution in [1.82, 2.24) is 10.2 Å². The minimum absolute atomic E-state index is 0. The molecule has 2 unspecified atom stereocenters. The molecule has 3 rings (SSSR count). The fourth-order valence-corrected chi connectivity index (χ4v) is 3.34. The number of carbonyl (C=O) groups is 1. The van der Waals surface area contributed by atoms with Crippen molar-refractivity contribution in [3.63, 3.8) is 0 Å². The van der Waals surface area contributed by atoms with Crippen molar-refractivity contribution in [3.8, 4) is 0 Å². The summed E-state index contributed by atoms with van der Waals surface area (Å²) in [4.78, 5) is 14.2. The van der Waals surface area contributed by atoms with Gasteiger partial charge in [-0.25, -0.2) is 4.39 Å². The van der Waals surface area contributed by atoms with E-state index in [1.807, 2.05) is 0 Å². The Morgan fingerprint density at radius 3 is 2.52 bits per heavy atom. The Balaban J connectivity index is 0.00000192. The number of hydrogen-bond acceptors (Lipinski definition) is 2. The smallest absolute Gasteiger partial charge is 0.331 e. The van der Waals surface area contributed by atoms with Gasteiger partial charge in [-0.3, -0.25) is 4.79 Å². The van der Waals surface area contributed by atoms with Gasteiger partial charge in [0.1, 0.15) is 5.82 Å². The maximum atomic E-state index is 13.5. The molecule has 0 spiro atoms. The Morgan fingerprint density at radius 1 is 1.13 bits per heavy atom. The molecule has 1 N–H and O–H groups in total. The Labute approximate surface area is 137 Å². The minimum Gasteiger partial charge on any atom is -0.331 e. The second-order valence-electron chi connectivity index (χ2n) is 5.82. The van der Waals surface area contributed by atoms with Crippen molar-refractivity contribution in [2.45, 2.75) is 37.5 Å². The summed E-state index contributed by atoms with van der Waals surface area (Å²) in [6, 6.07) is 2.02. The summed E-state index contributed by atoms with van der Waals surface area (Å²) in [6.07, 6.45) is -2.23. The number of fused-ring (bicyclic) bond motifs is 2. The van der Waals surface area contributed by atoms with Gasteiger partial charge in [0.25, 0.3) is 5.91 Å². The van der Waals surface area contributed by atoms with Crippen LogP contribution in [0.2, 0.25) is 0 Å². The molecule has 128 valence electrons. The summed E-state index contributed by atoms with van der Waals surface area (Å²) in [5.74, 6) is -1.56. The number of amides is 1. The molecule has 0 radical (unpaired) electrons. The van der Waals surface area contributed by atoms with Crippen molar-refractivity contribution < 1.29 is 22.4 Å². The molecule has 1 aromatic rings. The van der Waals surface area contributed by atoms with E-state index in [0.717, 1.165) is 37.9 Å². The van der Waals surface area contributed by atoms with Gasteiger partial charge in [-0.15, -0.1) is 12.4 Å². The van der Waals surface area contributed by atoms with Crippen molar-refractivity contribution in [2.24, 2.45) is 0 Å². The molecule has 2 saturated heterocycles. The predicted octanol–water partition coefficient (Wildman–Crippen LogP) is 3.23. The van der Waals surface area contributed by atoms with Gasteiger partial charge in [0.05, 0.1) is 5.56 Å². The monoisotopic (exact) mass is 352 g/mol. The van der Waals surface area contributed by atoms with Crippen molar-refractivity contribution in [2.75, 3.05) is 13.1 Å². The van der Waals surface area contributed by atoms with Crippen molar-refractivity contribution in [1.29, 1.82) is 0 Å². The van der Waals surface area contributed by atoms with Gasteiger partial charge in [0.2, 0.25) is 0 Å². The second kappa shape index (κ2) is 6.65. The molecule has 2 atom stereocenters. The maximum Gasteiger partial charge on any atom is 0.416 e. The lowest BCUT2D eigenvalue weighted by molar-refractivity contribution is -0.137. The van der Waals surface area contributed by atoms with Crippen LogP contribution in [0.5, 0.6) is 0 Å². The molecule has 2 fully saturated rings. The van der Waals surface area contributed by atoms with Gasteiger partial charge < -0.3 is 10.2 Å². The molecular formula is C15H17ClF4N2O. The third-order valence-electron chi connectivity index (χ3n) is 4.36. The van der Waals surface area contributed by atoms with Gasteiger partial charge in [0.15, 0.2) is 0 Å². The van der Waals surface area contributed by atoms with Gasteiger partial charge in [-0.05, 0) is 44.0 Å². The quantitative estimate of drug-likeness (QED) is 0.787. The molecule has 3 nitrogen and oxygen atoms in total. The first-order chi connectivity index (χ1) is 10.4. The van der Waals surface area contributed by atoms with Gasteiger partial charge in [-0.2, -0.15) is 13.2 Å². The molecule has 0 aromatic heterocycles. The lowest BCUT2D eigenvalue weighted by Crippen LogP contribution is -2.42. The predicted molar refractivity (Wildman–Crippen MR) is 79.1 cm³/mol. The zero-order valence-electron chi connectivity index (χ0n) is 12.2. The number of hydrogen-bond donors (Lipinski definition) is 1. The van der Waals surface area contributed by atoms with Gasteiger partial charge >= 0.3 is 6.18 Å². The maximum absolute atomic E-state index is 13.5. The third-order valence-corrected chi connectivity index (χ3v) is 4.36. The van der Waals surface area contributed by atoms with E-state index in [1.165, 1.54) is 0 Å². The summed E-state index contributed by atoms with van der Waals surface area (Å²) >= 11 is 0. The third kappa shape index (κ3) is 3.61. The summed E-state index contributed by atoms with van der Waals surface area (Å²) < 4.78 is 51.8. The van der Waals surface area contributed by atoms with E-state index >= 15 is 0 Å². The number of nitrogens with one attached hydrogen (secondary N) is 1. The van der Waals surface area contributed by atoms with E-state index in [2.05, 4.69) is 5.32 Å². The van der Waals surface area contributed by atoms with Gasteiger partial charge in [-0.1, -0.05) is 0 Å². The molecule has 2 aliphatic rings. The number of carbonyl (C=O) groups excluding carboxylic acids is 1. The largest absolute Gasteiger partial charge is 0.416 e. The lowest BCUT2D eigenvalue weighted by Gasteiger charge is -2.28. The molecule has 2 aliphatic heterocycles. The number of nitrogens with zero attached hydrogens (tertiary/aromatic N) is 1. The summed E-state index contributed by atoms with van der Waals surface area (Å²) in [5, 5.41) is 3.21. The van der Waals surface area contributed by atoms with Crippen LogP contribution in [0.25, 0.3) is 0 Å². The summed E-state index contributed by atoms with van der Waals surface area (Å²) in [7, 11) is 0. The average Bonchev–Trinajstić information content (AvgIpc) is 2.69. The lowest BCUT2D eigenvalue weighted by atomic mass is 10.1. The molecule has 2 bridgehead atoms. The van der Waals surface area contributed by atoms with Gasteiger partial charge in [0, 0.05) is 24.2 Å². The molecule has 1 aromatic carbocycles.